The summed E-state index contributed by atoms with van der Waals surface area (Å²) in [5.41, 5.74) is 1.15. The van der Waals surface area contributed by atoms with Crippen LogP contribution in [0.25, 0.3) is 11.1 Å². The van der Waals surface area contributed by atoms with E-state index < -0.39 is 35.8 Å². The molecule has 2 aromatic rings. The van der Waals surface area contributed by atoms with Crippen molar-refractivity contribution in [3.8, 4) is 11.1 Å². The van der Waals surface area contributed by atoms with Crippen molar-refractivity contribution < 1.29 is 33.7 Å². The summed E-state index contributed by atoms with van der Waals surface area (Å²) in [7, 11) is 1.09. The lowest BCUT2D eigenvalue weighted by molar-refractivity contribution is -0.152. The van der Waals surface area contributed by atoms with E-state index in [0.717, 1.165) is 7.11 Å². The van der Waals surface area contributed by atoms with Gasteiger partial charge in [0.25, 0.3) is 0 Å². The molecule has 2 rings (SSSR count). The Bertz CT molecular complexity index is 968. The minimum atomic E-state index is -1.71. The third-order valence-corrected chi connectivity index (χ3v) is 4.79. The highest BCUT2D eigenvalue weighted by Gasteiger charge is 2.25. The van der Waals surface area contributed by atoms with E-state index in [1.165, 1.54) is 24.3 Å². The molecule has 2 unspecified atom stereocenters. The fourth-order valence-corrected chi connectivity index (χ4v) is 3.31. The molecule has 0 aliphatic carbocycles. The van der Waals surface area contributed by atoms with Gasteiger partial charge in [0.05, 0.1) is 7.11 Å². The minimum Gasteiger partial charge on any atom is -0.474 e. The molecule has 10 heteroatoms. The summed E-state index contributed by atoms with van der Waals surface area (Å²) in [5.74, 6) is -4.44. The summed E-state index contributed by atoms with van der Waals surface area (Å²) >= 11 is 12.2. The second-order valence-electron chi connectivity index (χ2n) is 6.39. The summed E-state index contributed by atoms with van der Waals surface area (Å²) in [6.45, 7) is 0. The maximum Gasteiger partial charge on any atom is 0.394 e. The van der Waals surface area contributed by atoms with Crippen LogP contribution in [-0.4, -0.2) is 47.3 Å². The number of nitrogens with one attached hydrogen (secondary N) is 1. The van der Waals surface area contributed by atoms with Crippen molar-refractivity contribution in [1.82, 2.24) is 5.32 Å². The van der Waals surface area contributed by atoms with Crippen molar-refractivity contribution in [2.45, 2.75) is 25.0 Å². The van der Waals surface area contributed by atoms with E-state index in [4.69, 9.17) is 28.3 Å². The normalized spacial score (nSPS) is 12.7. The molecule has 0 fully saturated rings. The topological polar surface area (TPSA) is 113 Å². The van der Waals surface area contributed by atoms with Crippen molar-refractivity contribution >= 4 is 41.0 Å². The number of amides is 1. The minimum absolute atomic E-state index is 0.0467. The van der Waals surface area contributed by atoms with Crippen LogP contribution >= 0.6 is 23.2 Å². The highest BCUT2D eigenvalue weighted by atomic mass is 35.5. The number of carboxylic acids is 1. The number of carbonyl (C=O) groups excluding carboxylic acids is 2. The smallest absolute Gasteiger partial charge is 0.394 e. The summed E-state index contributed by atoms with van der Waals surface area (Å²) in [4.78, 5) is 33.9. The molecule has 0 radical (unpaired) electrons. The van der Waals surface area contributed by atoms with Crippen LogP contribution in [-0.2, 0) is 25.5 Å². The zero-order valence-corrected chi connectivity index (χ0v) is 17.2. The number of carbonyl (C=O) groups is 3. The van der Waals surface area contributed by atoms with Crippen LogP contribution in [0.1, 0.15) is 12.0 Å². The quantitative estimate of drug-likeness (QED) is 0.435. The Balaban J connectivity index is 2.27. The maximum absolute atomic E-state index is 14.1. The predicted octanol–water partition coefficient (Wildman–Crippen LogP) is 2.84. The average molecular weight is 458 g/mol. The van der Waals surface area contributed by atoms with Gasteiger partial charge in [-0.2, -0.15) is 0 Å². The molecule has 0 saturated carbocycles. The van der Waals surface area contributed by atoms with Gasteiger partial charge in [-0.1, -0.05) is 35.3 Å². The number of hydrogen-bond acceptors (Lipinski definition) is 5. The van der Waals surface area contributed by atoms with Gasteiger partial charge in [-0.05, 0) is 36.2 Å². The Kier molecular flexibility index (Phi) is 8.16. The molecule has 30 heavy (non-hydrogen) atoms. The summed E-state index contributed by atoms with van der Waals surface area (Å²) in [6.07, 6.45) is -1.80. The number of aliphatic hydroxyl groups is 1. The van der Waals surface area contributed by atoms with E-state index >= 15 is 0 Å². The number of aliphatic carboxylic acids is 1. The van der Waals surface area contributed by atoms with E-state index in [0.29, 0.717) is 16.1 Å². The van der Waals surface area contributed by atoms with Crippen LogP contribution in [0.2, 0.25) is 10.0 Å². The van der Waals surface area contributed by atoms with Crippen LogP contribution in [0.3, 0.4) is 0 Å². The Morgan fingerprint density at radius 1 is 1.13 bits per heavy atom. The van der Waals surface area contributed by atoms with Crippen LogP contribution in [0.15, 0.2) is 36.4 Å². The van der Waals surface area contributed by atoms with Crippen molar-refractivity contribution in [2.75, 3.05) is 7.11 Å². The molecule has 2 atom stereocenters. The molecule has 1 amide bonds. The molecule has 7 nitrogen and oxygen atoms in total. The lowest BCUT2D eigenvalue weighted by atomic mass is 9.97. The number of carboxylic acid groups (broad SMARTS) is 1. The van der Waals surface area contributed by atoms with Crippen molar-refractivity contribution in [3.63, 3.8) is 0 Å². The highest BCUT2D eigenvalue weighted by Crippen LogP contribution is 2.32. The Morgan fingerprint density at radius 3 is 2.43 bits per heavy atom. The molecule has 2 aromatic carbocycles. The third-order valence-electron chi connectivity index (χ3n) is 4.24. The van der Waals surface area contributed by atoms with Gasteiger partial charge in [0.2, 0.25) is 0 Å². The number of halogens is 3. The molecule has 0 spiro atoms. The van der Waals surface area contributed by atoms with Gasteiger partial charge in [-0.15, -0.1) is 0 Å². The summed E-state index contributed by atoms with van der Waals surface area (Å²) < 4.78 is 18.6. The fraction of sp³-hybridized carbons (Fsp3) is 0.250. The lowest BCUT2D eigenvalue weighted by Crippen LogP contribution is -2.43. The molecule has 0 aromatic heterocycles. The van der Waals surface area contributed by atoms with E-state index in [9.17, 15) is 23.9 Å². The first-order valence-corrected chi connectivity index (χ1v) is 9.41. The average Bonchev–Trinajstić information content (AvgIpc) is 2.69. The Labute approximate surface area is 181 Å². The van der Waals surface area contributed by atoms with E-state index in [-0.39, 0.29) is 23.4 Å². The first-order chi connectivity index (χ1) is 14.1. The van der Waals surface area contributed by atoms with Gasteiger partial charge in [0.1, 0.15) is 5.82 Å². The molecule has 160 valence electrons. The van der Waals surface area contributed by atoms with Gasteiger partial charge >= 0.3 is 17.8 Å². The van der Waals surface area contributed by atoms with Crippen LogP contribution in [0.5, 0.6) is 0 Å². The standard InChI is InChI=1S/C20H18Cl2FNO6/c1-30-20(29)17(25)9-12(24-18(26)19(27)28)6-10-2-4-13(15(22)7-10)14-8-11(21)3-5-16(14)23/h2-5,7-8,12,17,25H,6,9H2,1H3,(H,24,26)(H,27,28). The van der Waals surface area contributed by atoms with E-state index in [2.05, 4.69) is 10.1 Å². The van der Waals surface area contributed by atoms with Crippen molar-refractivity contribution in [2.24, 2.45) is 0 Å². The number of ether oxygens (including phenoxy) is 1. The van der Waals surface area contributed by atoms with Gasteiger partial charge in [-0.3, -0.25) is 4.79 Å². The molecule has 0 bridgehead atoms. The Morgan fingerprint density at radius 2 is 1.83 bits per heavy atom. The predicted molar refractivity (Wildman–Crippen MR) is 108 cm³/mol. The van der Waals surface area contributed by atoms with Crippen molar-refractivity contribution in [1.29, 1.82) is 0 Å². The molecule has 0 aliphatic heterocycles. The van der Waals surface area contributed by atoms with Crippen LogP contribution in [0.4, 0.5) is 4.39 Å². The van der Waals surface area contributed by atoms with E-state index in [1.807, 2.05) is 0 Å². The number of esters is 1. The highest BCUT2D eigenvalue weighted by molar-refractivity contribution is 6.34. The number of hydrogen-bond donors (Lipinski definition) is 3. The second-order valence-corrected chi connectivity index (χ2v) is 7.24. The lowest BCUT2D eigenvalue weighted by Gasteiger charge is -2.20. The molecule has 0 saturated heterocycles. The largest absolute Gasteiger partial charge is 0.474 e. The second kappa shape index (κ2) is 10.4. The summed E-state index contributed by atoms with van der Waals surface area (Å²) in [5, 5.41) is 21.4. The number of benzene rings is 2. The molecular weight excluding hydrogens is 440 g/mol. The van der Waals surface area contributed by atoms with E-state index in [1.54, 1.807) is 12.1 Å². The van der Waals surface area contributed by atoms with Gasteiger partial charge in [-0.25, -0.2) is 14.0 Å². The SMILES string of the molecule is COC(=O)C(O)CC(Cc1ccc(-c2cc(Cl)ccc2F)c(Cl)c1)NC(=O)C(=O)O. The van der Waals surface area contributed by atoms with Crippen molar-refractivity contribution in [3.05, 3.63) is 57.8 Å². The molecular formula is C20H18Cl2FNO6. The first-order valence-electron chi connectivity index (χ1n) is 8.66. The first kappa shape index (κ1) is 23.6. The van der Waals surface area contributed by atoms with Gasteiger partial charge in [0, 0.05) is 33.6 Å². The molecule has 0 aliphatic rings. The molecule has 3 N–H and O–H groups in total. The number of rotatable bonds is 7. The fourth-order valence-electron chi connectivity index (χ4n) is 2.83. The third kappa shape index (κ3) is 6.16. The number of aliphatic hydroxyl groups excluding tert-OH is 1. The van der Waals surface area contributed by atoms with Gasteiger partial charge in [0.15, 0.2) is 6.10 Å². The zero-order valence-electron chi connectivity index (χ0n) is 15.7. The monoisotopic (exact) mass is 457 g/mol. The van der Waals surface area contributed by atoms with Crippen LogP contribution < -0.4 is 5.32 Å². The summed E-state index contributed by atoms with van der Waals surface area (Å²) in [6, 6.07) is 7.82. The maximum atomic E-state index is 14.1. The Hall–Kier alpha value is -2.68. The van der Waals surface area contributed by atoms with Gasteiger partial charge < -0.3 is 20.3 Å². The molecule has 0 heterocycles. The zero-order chi connectivity index (χ0) is 22.4. The number of methoxy groups -OCH3 is 1. The van der Waals surface area contributed by atoms with Crippen LogP contribution in [0, 0.1) is 5.82 Å².